The molecule has 0 saturated carbocycles. The van der Waals surface area contributed by atoms with Crippen LogP contribution < -0.4 is 10.6 Å². The van der Waals surface area contributed by atoms with Crippen molar-refractivity contribution in [2.45, 2.75) is 44.5 Å². The highest BCUT2D eigenvalue weighted by Crippen LogP contribution is 2.53. The van der Waals surface area contributed by atoms with Gasteiger partial charge in [0.25, 0.3) is 0 Å². The van der Waals surface area contributed by atoms with Gasteiger partial charge in [-0.2, -0.15) is 35.1 Å². The minimum Gasteiger partial charge on any atom is -0.321 e. The summed E-state index contributed by atoms with van der Waals surface area (Å²) in [5.41, 5.74) is -0.860. The van der Waals surface area contributed by atoms with Crippen LogP contribution in [0.4, 0.5) is 46.5 Å². The molecule has 0 aliphatic heterocycles. The zero-order valence-corrected chi connectivity index (χ0v) is 18.2. The van der Waals surface area contributed by atoms with E-state index in [1.807, 2.05) is 0 Å². The second kappa shape index (κ2) is 8.96. The largest absolute Gasteiger partial charge is 0.393 e. The summed E-state index contributed by atoms with van der Waals surface area (Å²) in [6.45, 7) is 3.97. The van der Waals surface area contributed by atoms with E-state index in [-0.39, 0.29) is 22.2 Å². The van der Waals surface area contributed by atoms with E-state index in [0.717, 1.165) is 24.3 Å². The molecule has 2 N–H and O–H groups in total. The summed E-state index contributed by atoms with van der Waals surface area (Å²) in [7, 11) is 0. The Kier molecular flexibility index (Phi) is 7.18. The lowest BCUT2D eigenvalue weighted by molar-refractivity contribution is -0.345. The molecule has 2 aromatic heterocycles. The summed E-state index contributed by atoms with van der Waals surface area (Å²) in [5, 5.41) is 2.09. The van der Waals surface area contributed by atoms with E-state index >= 15 is 0 Å². The molecule has 0 radical (unpaired) electrons. The van der Waals surface area contributed by atoms with Crippen LogP contribution in [0.25, 0.3) is 0 Å². The van der Waals surface area contributed by atoms with Crippen molar-refractivity contribution in [2.75, 3.05) is 10.6 Å². The van der Waals surface area contributed by atoms with Crippen molar-refractivity contribution in [1.82, 2.24) is 9.97 Å². The fourth-order valence-electron chi connectivity index (χ4n) is 2.71. The molecule has 186 valence electrons. The average Bonchev–Trinajstić information content (AvgIpc) is 2.65. The monoisotopic (exact) mass is 518 g/mol. The maximum absolute atomic E-state index is 14.2. The van der Waals surface area contributed by atoms with E-state index in [9.17, 15) is 44.7 Å². The van der Waals surface area contributed by atoms with Crippen LogP contribution in [-0.4, -0.2) is 45.5 Å². The maximum atomic E-state index is 14.2. The Hall–Kier alpha value is -3.03. The summed E-state index contributed by atoms with van der Waals surface area (Å²) >= 11 is 5.53. The number of carbonyl (C=O) groups excluding carboxylic acids is 2. The minimum atomic E-state index is -7.01. The quantitative estimate of drug-likeness (QED) is 0.391. The Morgan fingerprint density at radius 3 is 1.35 bits per heavy atom. The topological polar surface area (TPSA) is 84.0 Å². The van der Waals surface area contributed by atoms with Crippen LogP contribution in [0.1, 0.15) is 17.1 Å². The van der Waals surface area contributed by atoms with Crippen molar-refractivity contribution in [3.63, 3.8) is 0 Å². The highest BCUT2D eigenvalue weighted by molar-refractivity contribution is 6.29. The van der Waals surface area contributed by atoms with Gasteiger partial charge in [0.05, 0.1) is 0 Å². The van der Waals surface area contributed by atoms with E-state index in [1.54, 1.807) is 0 Å². The van der Waals surface area contributed by atoms with Crippen LogP contribution in [0.5, 0.6) is 0 Å². The summed E-state index contributed by atoms with van der Waals surface area (Å²) in [6, 6.07) is 3.48. The lowest BCUT2D eigenvalue weighted by atomic mass is 9.97. The van der Waals surface area contributed by atoms with Gasteiger partial charge in [-0.3, -0.25) is 14.6 Å². The van der Waals surface area contributed by atoms with Crippen LogP contribution in [-0.2, 0) is 9.59 Å². The fraction of sp³-hybridized carbons (Fsp3) is 0.368. The van der Waals surface area contributed by atoms with Crippen molar-refractivity contribution in [2.24, 2.45) is 0 Å². The van der Waals surface area contributed by atoms with Crippen molar-refractivity contribution in [3.8, 4) is 0 Å². The fourth-order valence-corrected chi connectivity index (χ4v) is 2.96. The van der Waals surface area contributed by atoms with Gasteiger partial charge in [-0.1, -0.05) is 11.6 Å². The lowest BCUT2D eigenvalue weighted by Gasteiger charge is -2.35. The number of pyridine rings is 2. The molecule has 0 aliphatic rings. The predicted octanol–water partition coefficient (Wildman–Crippen LogP) is 5.17. The Morgan fingerprint density at radius 1 is 0.676 bits per heavy atom. The molecule has 0 aliphatic carbocycles. The van der Waals surface area contributed by atoms with Crippen molar-refractivity contribution in [1.29, 1.82) is 0 Å². The molecule has 34 heavy (non-hydrogen) atoms. The van der Waals surface area contributed by atoms with Crippen molar-refractivity contribution in [3.05, 3.63) is 46.5 Å². The van der Waals surface area contributed by atoms with E-state index in [0.29, 0.717) is 0 Å². The number of hydrogen-bond acceptors (Lipinski definition) is 4. The van der Waals surface area contributed by atoms with Crippen LogP contribution >= 0.6 is 11.6 Å². The van der Waals surface area contributed by atoms with Gasteiger partial charge in [0.1, 0.15) is 5.15 Å². The van der Waals surface area contributed by atoms with Gasteiger partial charge >= 0.3 is 35.5 Å². The van der Waals surface area contributed by atoms with Gasteiger partial charge in [0.2, 0.25) is 0 Å². The number of amides is 2. The van der Waals surface area contributed by atoms with Crippen LogP contribution in [0, 0.1) is 20.8 Å². The number of aromatic nitrogens is 2. The van der Waals surface area contributed by atoms with Crippen LogP contribution in [0.15, 0.2) is 24.3 Å². The molecule has 2 aromatic rings. The molecule has 2 rings (SSSR count). The smallest absolute Gasteiger partial charge is 0.321 e. The Bertz CT molecular complexity index is 999. The summed E-state index contributed by atoms with van der Waals surface area (Å²) < 4.78 is 113. The number of carbonyl (C=O) groups is 2. The summed E-state index contributed by atoms with van der Waals surface area (Å²) in [6.07, 6.45) is 0. The van der Waals surface area contributed by atoms with E-state index in [2.05, 4.69) is 9.97 Å². The first-order chi connectivity index (χ1) is 15.3. The number of rotatable bonds is 7. The zero-order valence-electron chi connectivity index (χ0n) is 17.4. The third-order valence-corrected chi connectivity index (χ3v) is 4.47. The second-order valence-electron chi connectivity index (χ2n) is 7.16. The normalized spacial score (nSPS) is 12.9. The molecule has 6 nitrogen and oxygen atoms in total. The molecule has 0 bridgehead atoms. The number of alkyl halides is 8. The number of nitrogens with zero attached hydrogens (tertiary/aromatic N) is 2. The van der Waals surface area contributed by atoms with Gasteiger partial charge in [-0.15, -0.1) is 0 Å². The van der Waals surface area contributed by atoms with Gasteiger partial charge in [0, 0.05) is 28.5 Å². The average molecular weight is 519 g/mol. The minimum absolute atomic E-state index is 0.0213. The van der Waals surface area contributed by atoms with Gasteiger partial charge in [-0.05, 0) is 45.0 Å². The molecule has 0 fully saturated rings. The third-order valence-electron chi connectivity index (χ3n) is 4.27. The lowest BCUT2D eigenvalue weighted by Crippen LogP contribution is -2.67. The number of halogens is 9. The highest BCUT2D eigenvalue weighted by Gasteiger charge is 2.84. The first-order valence-corrected chi connectivity index (χ1v) is 9.44. The number of hydrogen-bond donors (Lipinski definition) is 2. The number of anilines is 2. The molecular formula is C19H15ClF8N4O2. The highest BCUT2D eigenvalue weighted by atomic mass is 35.5. The van der Waals surface area contributed by atoms with Crippen LogP contribution in [0.3, 0.4) is 0 Å². The third kappa shape index (κ3) is 4.91. The first kappa shape index (κ1) is 27.2. The van der Waals surface area contributed by atoms with E-state index in [4.69, 9.17) is 11.6 Å². The zero-order chi connectivity index (χ0) is 26.3. The van der Waals surface area contributed by atoms with Gasteiger partial charge < -0.3 is 10.6 Å². The molecule has 0 unspecified atom stereocenters. The Morgan fingerprint density at radius 2 is 1.00 bits per heavy atom. The van der Waals surface area contributed by atoms with E-state index in [1.165, 1.54) is 31.4 Å². The maximum Gasteiger partial charge on any atom is 0.393 e. The molecule has 0 saturated heterocycles. The van der Waals surface area contributed by atoms with Crippen molar-refractivity contribution >= 4 is 34.8 Å². The molecule has 2 amide bonds. The molecule has 0 atom stereocenters. The number of nitrogens with one attached hydrogen (secondary N) is 2. The number of aryl methyl sites for hydroxylation is 3. The summed E-state index contributed by atoms with van der Waals surface area (Å²) in [5.74, 6) is -32.8. The Labute approximate surface area is 191 Å². The van der Waals surface area contributed by atoms with Gasteiger partial charge in [-0.25, -0.2) is 4.98 Å². The second-order valence-corrected chi connectivity index (χ2v) is 7.55. The van der Waals surface area contributed by atoms with Gasteiger partial charge in [0.15, 0.2) is 0 Å². The molecule has 2 heterocycles. The molecule has 0 aromatic carbocycles. The SMILES string of the molecule is Cc1cc(NC(=O)C(F)(F)C(F)(F)C(F)(F)C(F)(F)C(=O)Nc2cc(C)nc(Cl)c2)cc(C)n1. The van der Waals surface area contributed by atoms with E-state index < -0.39 is 46.9 Å². The molecule has 15 heteroatoms. The standard InChI is InChI=1S/C19H15ClF8N4O2/c1-8-4-11(5-9(2)29-8)31-14(33)16(21,22)18(25,26)19(27,28)17(23,24)15(34)32-12-6-10(3)30-13(20)7-12/h4-7H,1-3H3,(H,29,31,33)(H,30,32,34). The van der Waals surface area contributed by atoms with Crippen molar-refractivity contribution < 1.29 is 44.7 Å². The molecular weight excluding hydrogens is 504 g/mol. The van der Waals surface area contributed by atoms with Crippen LogP contribution in [0.2, 0.25) is 5.15 Å². The Balaban J connectivity index is 2.36. The first-order valence-electron chi connectivity index (χ1n) is 9.06. The predicted molar refractivity (Wildman–Crippen MR) is 105 cm³/mol. The molecule has 0 spiro atoms. The summed E-state index contributed by atoms with van der Waals surface area (Å²) in [4.78, 5) is 30.9.